The molecule has 2 saturated heterocycles. The zero-order chi connectivity index (χ0) is 19.3. The first kappa shape index (κ1) is 18.8. The molecule has 0 spiro atoms. The van der Waals surface area contributed by atoms with Gasteiger partial charge in [-0.05, 0) is 62.9 Å². The van der Waals surface area contributed by atoms with E-state index in [0.29, 0.717) is 24.9 Å². The number of amides is 1. The number of rotatable bonds is 5. The second-order valence-corrected chi connectivity index (χ2v) is 7.88. The normalized spacial score (nSPS) is 21.4. The molecule has 2 aliphatic heterocycles. The maximum atomic E-state index is 12.3. The number of pyridine rings is 1. The Balaban J connectivity index is 1.33. The van der Waals surface area contributed by atoms with Gasteiger partial charge in [-0.15, -0.1) is 0 Å². The third kappa shape index (κ3) is 4.65. The molecule has 0 saturated carbocycles. The van der Waals surface area contributed by atoms with Crippen molar-refractivity contribution >= 4 is 5.91 Å². The van der Waals surface area contributed by atoms with E-state index in [1.54, 1.807) is 29.2 Å². The summed E-state index contributed by atoms with van der Waals surface area (Å²) in [6.45, 7) is 3.62. The van der Waals surface area contributed by atoms with Crippen molar-refractivity contribution in [3.8, 4) is 11.3 Å². The average molecular weight is 381 g/mol. The first-order valence-corrected chi connectivity index (χ1v) is 10.2. The van der Waals surface area contributed by atoms with Crippen molar-refractivity contribution in [3.05, 3.63) is 47.0 Å². The Hall–Kier alpha value is -2.54. The molecule has 0 radical (unpaired) electrons. The number of carbonyl (C=O) groups is 1. The Labute approximate surface area is 164 Å². The van der Waals surface area contributed by atoms with E-state index in [1.165, 1.54) is 0 Å². The lowest BCUT2D eigenvalue weighted by atomic mass is 9.95. The van der Waals surface area contributed by atoms with Crippen molar-refractivity contribution < 1.29 is 4.79 Å². The lowest BCUT2D eigenvalue weighted by Gasteiger charge is -2.35. The van der Waals surface area contributed by atoms with Crippen LogP contribution in [0.2, 0.25) is 0 Å². The first-order chi connectivity index (χ1) is 13.7. The number of nitrogens with one attached hydrogen (secondary N) is 1. The number of nitrogens with zero attached hydrogens (tertiary/aromatic N) is 4. The lowest BCUT2D eigenvalue weighted by molar-refractivity contribution is -0.123. The number of aromatic nitrogens is 3. The summed E-state index contributed by atoms with van der Waals surface area (Å²) >= 11 is 0. The van der Waals surface area contributed by atoms with Gasteiger partial charge in [0.15, 0.2) is 0 Å². The number of hydrogen-bond acceptors (Lipinski definition) is 5. The topological polar surface area (TPSA) is 80.1 Å². The number of likely N-dealkylation sites (tertiary alicyclic amines) is 1. The Kier molecular flexibility index (Phi) is 5.81. The maximum Gasteiger partial charge on any atom is 0.266 e. The summed E-state index contributed by atoms with van der Waals surface area (Å²) in [4.78, 5) is 30.3. The molecule has 1 amide bonds. The van der Waals surface area contributed by atoms with Gasteiger partial charge in [0, 0.05) is 49.6 Å². The van der Waals surface area contributed by atoms with Crippen LogP contribution in [0.1, 0.15) is 32.1 Å². The van der Waals surface area contributed by atoms with Crippen LogP contribution in [0.5, 0.6) is 0 Å². The molecule has 7 heteroatoms. The SMILES string of the molecule is O=C1CCCC(CN2CCC(Cn3nc(-c4ccncc4)ccc3=O)CC2)N1. The van der Waals surface area contributed by atoms with Gasteiger partial charge in [0.05, 0.1) is 5.69 Å². The summed E-state index contributed by atoms with van der Waals surface area (Å²) < 4.78 is 1.61. The smallest absolute Gasteiger partial charge is 0.266 e. The maximum absolute atomic E-state index is 12.3. The fourth-order valence-electron chi connectivity index (χ4n) is 4.18. The minimum atomic E-state index is -0.0508. The van der Waals surface area contributed by atoms with Crippen LogP contribution in [0.15, 0.2) is 41.5 Å². The largest absolute Gasteiger partial charge is 0.352 e. The predicted molar refractivity (Wildman–Crippen MR) is 107 cm³/mol. The van der Waals surface area contributed by atoms with Gasteiger partial charge in [0.25, 0.3) is 5.56 Å². The summed E-state index contributed by atoms with van der Waals surface area (Å²) in [5, 5.41) is 7.68. The molecule has 1 unspecified atom stereocenters. The van der Waals surface area contributed by atoms with Crippen LogP contribution in [-0.2, 0) is 11.3 Å². The van der Waals surface area contributed by atoms with E-state index in [2.05, 4.69) is 20.3 Å². The van der Waals surface area contributed by atoms with Crippen LogP contribution in [0.4, 0.5) is 0 Å². The molecule has 7 nitrogen and oxygen atoms in total. The minimum Gasteiger partial charge on any atom is -0.352 e. The summed E-state index contributed by atoms with van der Waals surface area (Å²) in [5.74, 6) is 0.640. The summed E-state index contributed by atoms with van der Waals surface area (Å²) in [6, 6.07) is 7.47. The molecule has 2 aromatic heterocycles. The quantitative estimate of drug-likeness (QED) is 0.852. The monoisotopic (exact) mass is 381 g/mol. The zero-order valence-corrected chi connectivity index (χ0v) is 16.1. The van der Waals surface area contributed by atoms with Crippen molar-refractivity contribution in [2.45, 2.75) is 44.7 Å². The second kappa shape index (κ2) is 8.65. The summed E-state index contributed by atoms with van der Waals surface area (Å²) in [6.07, 6.45) is 8.30. The third-order valence-electron chi connectivity index (χ3n) is 5.78. The van der Waals surface area contributed by atoms with E-state index in [9.17, 15) is 9.59 Å². The highest BCUT2D eigenvalue weighted by Crippen LogP contribution is 2.20. The number of piperidine rings is 2. The van der Waals surface area contributed by atoms with E-state index < -0.39 is 0 Å². The van der Waals surface area contributed by atoms with Gasteiger partial charge < -0.3 is 10.2 Å². The molecular weight excluding hydrogens is 354 g/mol. The standard InChI is InChI=1S/C21H27N5O2/c27-20-3-1-2-18(23-20)15-25-12-8-16(9-13-25)14-26-21(28)5-4-19(24-26)17-6-10-22-11-7-17/h4-7,10-11,16,18H,1-3,8-9,12-15H2,(H,23,27). The Morgan fingerprint density at radius 2 is 1.79 bits per heavy atom. The summed E-state index contributed by atoms with van der Waals surface area (Å²) in [7, 11) is 0. The van der Waals surface area contributed by atoms with Crippen LogP contribution in [-0.4, -0.2) is 51.2 Å². The number of hydrogen-bond donors (Lipinski definition) is 1. The van der Waals surface area contributed by atoms with Crippen LogP contribution < -0.4 is 10.9 Å². The van der Waals surface area contributed by atoms with Gasteiger partial charge in [0.1, 0.15) is 0 Å². The molecule has 4 heterocycles. The van der Waals surface area contributed by atoms with Crippen molar-refractivity contribution in [2.24, 2.45) is 5.92 Å². The molecule has 0 bridgehead atoms. The van der Waals surface area contributed by atoms with Gasteiger partial charge in [-0.2, -0.15) is 5.10 Å². The highest BCUT2D eigenvalue weighted by molar-refractivity contribution is 5.76. The molecule has 28 heavy (non-hydrogen) atoms. The van der Waals surface area contributed by atoms with Crippen molar-refractivity contribution in [1.29, 1.82) is 0 Å². The highest BCUT2D eigenvalue weighted by atomic mass is 16.1. The van der Waals surface area contributed by atoms with Crippen LogP contribution in [0.3, 0.4) is 0 Å². The molecule has 2 aromatic rings. The van der Waals surface area contributed by atoms with Crippen molar-refractivity contribution in [3.63, 3.8) is 0 Å². The minimum absolute atomic E-state index is 0.0508. The Morgan fingerprint density at radius 1 is 1.00 bits per heavy atom. The Bertz CT molecular complexity index is 859. The van der Waals surface area contributed by atoms with E-state index in [-0.39, 0.29) is 11.5 Å². The fraction of sp³-hybridized carbons (Fsp3) is 0.524. The molecule has 4 rings (SSSR count). The van der Waals surface area contributed by atoms with Crippen LogP contribution >= 0.6 is 0 Å². The van der Waals surface area contributed by atoms with Crippen LogP contribution in [0.25, 0.3) is 11.3 Å². The average Bonchev–Trinajstić information content (AvgIpc) is 2.72. The molecule has 2 aliphatic rings. The Morgan fingerprint density at radius 3 is 2.54 bits per heavy atom. The third-order valence-corrected chi connectivity index (χ3v) is 5.78. The van der Waals surface area contributed by atoms with Gasteiger partial charge in [-0.1, -0.05) is 0 Å². The van der Waals surface area contributed by atoms with Crippen molar-refractivity contribution in [2.75, 3.05) is 19.6 Å². The molecule has 1 atom stereocenters. The van der Waals surface area contributed by atoms with Gasteiger partial charge in [-0.3, -0.25) is 14.6 Å². The molecule has 2 fully saturated rings. The van der Waals surface area contributed by atoms with E-state index in [0.717, 1.165) is 56.6 Å². The van der Waals surface area contributed by atoms with Gasteiger partial charge in [0.2, 0.25) is 5.91 Å². The molecule has 0 aliphatic carbocycles. The van der Waals surface area contributed by atoms with Crippen molar-refractivity contribution in [1.82, 2.24) is 25.0 Å². The highest BCUT2D eigenvalue weighted by Gasteiger charge is 2.25. The fourth-order valence-corrected chi connectivity index (χ4v) is 4.18. The van der Waals surface area contributed by atoms with Gasteiger partial charge >= 0.3 is 0 Å². The van der Waals surface area contributed by atoms with E-state index in [1.807, 2.05) is 12.1 Å². The number of carbonyl (C=O) groups excluding carboxylic acids is 1. The molecule has 148 valence electrons. The molecule has 1 N–H and O–H groups in total. The lowest BCUT2D eigenvalue weighted by Crippen LogP contribution is -2.48. The van der Waals surface area contributed by atoms with Crippen LogP contribution in [0, 0.1) is 5.92 Å². The van der Waals surface area contributed by atoms with E-state index >= 15 is 0 Å². The first-order valence-electron chi connectivity index (χ1n) is 10.2. The molecule has 0 aromatic carbocycles. The second-order valence-electron chi connectivity index (χ2n) is 7.88. The summed E-state index contributed by atoms with van der Waals surface area (Å²) in [5.41, 5.74) is 1.71. The van der Waals surface area contributed by atoms with E-state index in [4.69, 9.17) is 0 Å². The van der Waals surface area contributed by atoms with Gasteiger partial charge in [-0.25, -0.2) is 4.68 Å². The zero-order valence-electron chi connectivity index (χ0n) is 16.1. The predicted octanol–water partition coefficient (Wildman–Crippen LogP) is 1.69. The molecular formula is C21H27N5O2.